The van der Waals surface area contributed by atoms with Crippen LogP contribution in [0.15, 0.2) is 60.9 Å². The second-order valence-electron chi connectivity index (χ2n) is 3.47. The molecule has 0 fully saturated rings. The van der Waals surface area contributed by atoms with Crippen molar-refractivity contribution in [1.29, 1.82) is 0 Å². The summed E-state index contributed by atoms with van der Waals surface area (Å²) in [6.45, 7) is 0. The summed E-state index contributed by atoms with van der Waals surface area (Å²) in [4.78, 5) is 2.89. The number of pyridine rings is 1. The average molecular weight is 456 g/mol. The van der Waals surface area contributed by atoms with Crippen LogP contribution in [0.2, 0.25) is 0 Å². The molecule has 0 amide bonds. The van der Waals surface area contributed by atoms with Crippen molar-refractivity contribution in [3.05, 3.63) is 60.9 Å². The fourth-order valence-electron chi connectivity index (χ4n) is 1.05. The zero-order valence-electron chi connectivity index (χ0n) is 9.11. The van der Waals surface area contributed by atoms with E-state index in [0.717, 1.165) is 0 Å². The van der Waals surface area contributed by atoms with Crippen LogP contribution in [0.3, 0.4) is 0 Å². The van der Waals surface area contributed by atoms with Crippen LogP contribution in [0.4, 0.5) is 0 Å². The third kappa shape index (κ3) is 6.70. The number of hydrogen-bond donors (Lipinski definition) is 0. The van der Waals surface area contributed by atoms with Crippen molar-refractivity contribution in [3.63, 3.8) is 0 Å². The van der Waals surface area contributed by atoms with Gasteiger partial charge in [0.15, 0.2) is 12.4 Å². The van der Waals surface area contributed by atoms with Gasteiger partial charge in [-0.3, -0.25) is 0 Å². The van der Waals surface area contributed by atoms with E-state index in [-0.39, 0.29) is 0 Å². The fourth-order valence-corrected chi connectivity index (χ4v) is 6.93. The zero-order chi connectivity index (χ0) is 13.8. The van der Waals surface area contributed by atoms with Gasteiger partial charge in [0.05, 0.1) is 0 Å². The summed E-state index contributed by atoms with van der Waals surface area (Å²) in [5, 5.41) is 0. The van der Waals surface area contributed by atoms with Crippen molar-refractivity contribution in [3.8, 4) is 0 Å². The molecule has 1 heterocycles. The minimum atomic E-state index is -5.46. The van der Waals surface area contributed by atoms with Crippen molar-refractivity contribution in [2.24, 2.45) is 0 Å². The second kappa shape index (κ2) is 5.56. The summed E-state index contributed by atoms with van der Waals surface area (Å²) in [7, 11) is 23.7. The molecule has 0 radical (unpaired) electrons. The van der Waals surface area contributed by atoms with Crippen LogP contribution in [-0.4, -0.2) is 10.3 Å². The van der Waals surface area contributed by atoms with Gasteiger partial charge in [0, 0.05) is 12.1 Å². The third-order valence-corrected chi connectivity index (χ3v) is 12.0. The molecular weight excluding hydrogens is 445 g/mol. The Hall–Kier alpha value is 0.638. The van der Waals surface area contributed by atoms with Crippen LogP contribution in [0.25, 0.3) is 0 Å². The second-order valence-corrected chi connectivity index (χ2v) is 51.0. The minimum absolute atomic E-state index is 0.389. The van der Waals surface area contributed by atoms with Crippen molar-refractivity contribution in [2.45, 2.75) is 0 Å². The Bertz CT molecular complexity index is 456. The minimum Gasteiger partial charge on any atom is -0.218 e. The standard InChI is InChI=1S/C6H5.C5H5N.5ClH.Sb/c2*1-2-4-6-5-3-1;;;;;;/h2*1-5H;5*1H;/q;;;;;;;+4/p-4. The van der Waals surface area contributed by atoms with Gasteiger partial charge in [-0.05, 0) is 0 Å². The van der Waals surface area contributed by atoms with E-state index in [4.69, 9.17) is 44.1 Å². The summed E-state index contributed by atoms with van der Waals surface area (Å²) in [6.07, 6.45) is 3.75. The Balaban J connectivity index is 0.000000225. The molecular formula is C11H11Cl5NSb. The van der Waals surface area contributed by atoms with Gasteiger partial charge < -0.3 is 0 Å². The molecule has 0 aliphatic carbocycles. The number of benzene rings is 1. The predicted octanol–water partition coefficient (Wildman–Crippen LogP) is 4.43. The Kier molecular flexibility index (Phi) is 5.15. The first-order chi connectivity index (χ1) is 8.09. The Morgan fingerprint density at radius 1 is 0.667 bits per heavy atom. The SMILES string of the molecule is [Cl][Sb-]([Cl])([Cl])([Cl])([Cl])[c]1ccccc1.c1cc[nH+]cc1. The molecule has 0 aliphatic rings. The van der Waals surface area contributed by atoms with Gasteiger partial charge in [-0.15, -0.1) is 0 Å². The maximum atomic E-state index is 5.83. The van der Waals surface area contributed by atoms with Crippen LogP contribution in [0.1, 0.15) is 0 Å². The number of rotatable bonds is 1. The molecule has 2 rings (SSSR count). The van der Waals surface area contributed by atoms with Crippen LogP contribution in [0.5, 0.6) is 0 Å². The Morgan fingerprint density at radius 2 is 1.11 bits per heavy atom. The average Bonchev–Trinajstić information content (AvgIpc) is 2.30. The number of H-pyrrole nitrogens is 1. The first-order valence-corrected chi connectivity index (χ1v) is 22.3. The number of nitrogens with one attached hydrogen (secondary N) is 1. The summed E-state index contributed by atoms with van der Waals surface area (Å²) in [5.41, 5.74) is 0. The molecule has 1 aromatic carbocycles. The first kappa shape index (κ1) is 16.7. The van der Waals surface area contributed by atoms with E-state index in [9.17, 15) is 0 Å². The molecule has 1 nitrogen and oxygen atoms in total. The molecule has 0 atom stereocenters. The van der Waals surface area contributed by atoms with Crippen molar-refractivity contribution in [2.75, 3.05) is 0 Å². The van der Waals surface area contributed by atoms with Gasteiger partial charge in [-0.25, -0.2) is 4.98 Å². The van der Waals surface area contributed by atoms with E-state index >= 15 is 0 Å². The molecule has 0 bridgehead atoms. The maximum Gasteiger partial charge on any atom is 0.166 e. The zero-order valence-corrected chi connectivity index (χ0v) is 15.4. The van der Waals surface area contributed by atoms with Gasteiger partial charge in [0.25, 0.3) is 0 Å². The molecule has 0 saturated carbocycles. The first-order valence-electron chi connectivity index (χ1n) is 4.89. The molecule has 0 spiro atoms. The van der Waals surface area contributed by atoms with Gasteiger partial charge in [-0.1, -0.05) is 6.07 Å². The quantitative estimate of drug-likeness (QED) is 0.564. The molecule has 0 aliphatic heterocycles. The van der Waals surface area contributed by atoms with Crippen molar-refractivity contribution >= 4 is 57.9 Å². The van der Waals surface area contributed by atoms with E-state index in [0.29, 0.717) is 3.51 Å². The van der Waals surface area contributed by atoms with Gasteiger partial charge in [0.2, 0.25) is 0 Å². The molecule has 2 aromatic rings. The van der Waals surface area contributed by atoms with E-state index in [1.165, 1.54) is 0 Å². The van der Waals surface area contributed by atoms with Crippen LogP contribution < -0.4 is 8.49 Å². The molecule has 7 heteroatoms. The summed E-state index contributed by atoms with van der Waals surface area (Å²) >= 11 is 0. The van der Waals surface area contributed by atoms with Gasteiger partial charge in [0.1, 0.15) is 0 Å². The van der Waals surface area contributed by atoms with Gasteiger partial charge in [-0.2, -0.15) is 0 Å². The molecule has 1 aromatic heterocycles. The summed E-state index contributed by atoms with van der Waals surface area (Å²) < 4.78 is 0.389. The fraction of sp³-hybridized carbons (Fsp3) is 0. The van der Waals surface area contributed by atoms with E-state index in [1.807, 2.05) is 30.6 Å². The largest absolute Gasteiger partial charge is 0.218 e. The van der Waals surface area contributed by atoms with Crippen molar-refractivity contribution in [1.82, 2.24) is 0 Å². The third-order valence-electron chi connectivity index (χ3n) is 1.85. The number of hydrogen-bond acceptors (Lipinski definition) is 0. The topological polar surface area (TPSA) is 14.1 Å². The van der Waals surface area contributed by atoms with Crippen LogP contribution >= 0.6 is 44.1 Å². The molecule has 0 saturated heterocycles. The predicted molar refractivity (Wildman–Crippen MR) is 84.1 cm³/mol. The van der Waals surface area contributed by atoms with Crippen molar-refractivity contribution < 1.29 is 4.98 Å². The van der Waals surface area contributed by atoms with E-state index < -0.39 is 10.3 Å². The summed E-state index contributed by atoms with van der Waals surface area (Å²) in [5.74, 6) is 0. The van der Waals surface area contributed by atoms with E-state index in [1.54, 1.807) is 30.3 Å². The molecule has 0 unspecified atom stereocenters. The Labute approximate surface area is 122 Å². The number of halogens is 5. The van der Waals surface area contributed by atoms with E-state index in [2.05, 4.69) is 4.98 Å². The summed E-state index contributed by atoms with van der Waals surface area (Å²) in [6, 6.07) is 14.3. The van der Waals surface area contributed by atoms with Gasteiger partial charge >= 0.3 is 88.3 Å². The Morgan fingerprint density at radius 3 is 1.33 bits per heavy atom. The number of aromatic amines is 1. The molecule has 18 heavy (non-hydrogen) atoms. The smallest absolute Gasteiger partial charge is 0.166 e. The maximum absolute atomic E-state index is 5.83. The van der Waals surface area contributed by atoms with Crippen LogP contribution in [0, 0.1) is 0 Å². The van der Waals surface area contributed by atoms with Crippen LogP contribution in [-0.2, 0) is 0 Å². The normalized spacial score (nSPS) is 14.7. The molecule has 1 N–H and O–H groups in total. The monoisotopic (exact) mass is 453 g/mol. The molecule has 100 valence electrons. The number of aromatic nitrogens is 1.